The Morgan fingerprint density at radius 3 is 2.52 bits per heavy atom. The first-order valence-corrected chi connectivity index (χ1v) is 10.6. The minimum Gasteiger partial charge on any atom is -0.298 e. The number of carbonyl (C=O) groups excluding carboxylic acids is 1. The molecule has 0 unspecified atom stereocenters. The summed E-state index contributed by atoms with van der Waals surface area (Å²) in [6.45, 7) is 0. The molecule has 5 aromatic rings. The van der Waals surface area contributed by atoms with Crippen molar-refractivity contribution in [2.75, 3.05) is 5.32 Å². The number of pyridine rings is 1. The zero-order chi connectivity index (χ0) is 19.8. The number of thiazole rings is 1. The molecule has 0 saturated carbocycles. The van der Waals surface area contributed by atoms with Gasteiger partial charge in [-0.05, 0) is 40.2 Å². The molecule has 29 heavy (non-hydrogen) atoms. The van der Waals surface area contributed by atoms with Gasteiger partial charge in [0.1, 0.15) is 0 Å². The third-order valence-electron chi connectivity index (χ3n) is 4.62. The van der Waals surface area contributed by atoms with E-state index in [-0.39, 0.29) is 5.91 Å². The van der Waals surface area contributed by atoms with Gasteiger partial charge in [-0.15, -0.1) is 0 Å². The van der Waals surface area contributed by atoms with Crippen LogP contribution in [0.2, 0.25) is 0 Å². The summed E-state index contributed by atoms with van der Waals surface area (Å²) in [4.78, 5) is 22.5. The number of rotatable bonds is 3. The van der Waals surface area contributed by atoms with E-state index >= 15 is 0 Å². The van der Waals surface area contributed by atoms with Crippen LogP contribution in [0.3, 0.4) is 0 Å². The number of aromatic nitrogens is 2. The molecule has 3 aromatic carbocycles. The monoisotopic (exact) mass is 459 g/mol. The summed E-state index contributed by atoms with van der Waals surface area (Å²) < 4.78 is 1.92. The summed E-state index contributed by atoms with van der Waals surface area (Å²) in [6.07, 6.45) is 0. The lowest BCUT2D eigenvalue weighted by molar-refractivity contribution is 0.102. The molecule has 0 atom stereocenters. The molecule has 0 saturated heterocycles. The van der Waals surface area contributed by atoms with E-state index in [0.717, 1.165) is 36.8 Å². The fourth-order valence-electron chi connectivity index (χ4n) is 3.25. The Hall–Kier alpha value is -3.09. The predicted octanol–water partition coefficient (Wildman–Crippen LogP) is 6.53. The van der Waals surface area contributed by atoms with E-state index in [1.165, 1.54) is 11.3 Å². The first-order valence-electron chi connectivity index (χ1n) is 9.01. The van der Waals surface area contributed by atoms with E-state index in [1.54, 1.807) is 0 Å². The highest BCUT2D eigenvalue weighted by molar-refractivity contribution is 9.10. The number of carbonyl (C=O) groups is 1. The standard InChI is InChI=1S/C23H14BrN3OS/c24-17-10-6-12-20-21(17)26-23(29-20)27-22(28)16-13-19(14-7-2-1-3-8-14)25-18-11-5-4-9-15(16)18/h1-13H,(H,26,27,28). The normalized spacial score (nSPS) is 11.1. The highest BCUT2D eigenvalue weighted by atomic mass is 79.9. The number of anilines is 1. The maximum Gasteiger partial charge on any atom is 0.258 e. The van der Waals surface area contributed by atoms with Crippen molar-refractivity contribution in [2.24, 2.45) is 0 Å². The van der Waals surface area contributed by atoms with Gasteiger partial charge in [0.15, 0.2) is 5.13 Å². The third-order valence-corrected chi connectivity index (χ3v) is 6.20. The van der Waals surface area contributed by atoms with Crippen molar-refractivity contribution in [3.05, 3.63) is 88.9 Å². The van der Waals surface area contributed by atoms with E-state index in [9.17, 15) is 4.79 Å². The number of amides is 1. The van der Waals surface area contributed by atoms with Gasteiger partial charge in [-0.2, -0.15) is 0 Å². The Morgan fingerprint density at radius 1 is 0.897 bits per heavy atom. The summed E-state index contributed by atoms with van der Waals surface area (Å²) in [7, 11) is 0. The van der Waals surface area contributed by atoms with Gasteiger partial charge in [-0.3, -0.25) is 10.1 Å². The van der Waals surface area contributed by atoms with Gasteiger partial charge in [0, 0.05) is 15.4 Å². The number of hydrogen-bond acceptors (Lipinski definition) is 4. The lowest BCUT2D eigenvalue weighted by Crippen LogP contribution is -2.13. The number of nitrogens with one attached hydrogen (secondary N) is 1. The molecule has 4 nitrogen and oxygen atoms in total. The van der Waals surface area contributed by atoms with Gasteiger partial charge < -0.3 is 0 Å². The second-order valence-corrected chi connectivity index (χ2v) is 8.38. The van der Waals surface area contributed by atoms with E-state index in [1.807, 2.05) is 78.9 Å². The van der Waals surface area contributed by atoms with Gasteiger partial charge in [0.05, 0.1) is 27.0 Å². The Bertz CT molecular complexity index is 1360. The Morgan fingerprint density at radius 2 is 1.69 bits per heavy atom. The van der Waals surface area contributed by atoms with Crippen LogP contribution in [0.15, 0.2) is 83.3 Å². The lowest BCUT2D eigenvalue weighted by atomic mass is 10.0. The van der Waals surface area contributed by atoms with Crippen molar-refractivity contribution < 1.29 is 4.79 Å². The number of fused-ring (bicyclic) bond motifs is 2. The first kappa shape index (κ1) is 18.0. The smallest absolute Gasteiger partial charge is 0.258 e. The van der Waals surface area contributed by atoms with Gasteiger partial charge in [0.25, 0.3) is 5.91 Å². The molecule has 0 aliphatic rings. The summed E-state index contributed by atoms with van der Waals surface area (Å²) >= 11 is 4.96. The lowest BCUT2D eigenvalue weighted by Gasteiger charge is -2.09. The quantitative estimate of drug-likeness (QED) is 0.333. The SMILES string of the molecule is O=C(Nc1nc2c(Br)cccc2s1)c1cc(-c2ccccc2)nc2ccccc12. The van der Waals surface area contributed by atoms with Crippen molar-refractivity contribution in [3.63, 3.8) is 0 Å². The van der Waals surface area contributed by atoms with Crippen LogP contribution in [0.4, 0.5) is 5.13 Å². The van der Waals surface area contributed by atoms with Crippen molar-refractivity contribution in [3.8, 4) is 11.3 Å². The van der Waals surface area contributed by atoms with Crippen LogP contribution in [-0.2, 0) is 0 Å². The fraction of sp³-hybridized carbons (Fsp3) is 0. The van der Waals surface area contributed by atoms with E-state index < -0.39 is 0 Å². The van der Waals surface area contributed by atoms with E-state index in [4.69, 9.17) is 4.98 Å². The van der Waals surface area contributed by atoms with Crippen LogP contribution in [0.1, 0.15) is 10.4 Å². The van der Waals surface area contributed by atoms with Crippen molar-refractivity contribution in [1.29, 1.82) is 0 Å². The summed E-state index contributed by atoms with van der Waals surface area (Å²) in [5, 5.41) is 4.35. The van der Waals surface area contributed by atoms with Crippen LogP contribution >= 0.6 is 27.3 Å². The Balaban J connectivity index is 1.59. The second-order valence-electron chi connectivity index (χ2n) is 6.50. The van der Waals surface area contributed by atoms with Crippen LogP contribution < -0.4 is 5.32 Å². The minimum atomic E-state index is -0.198. The maximum atomic E-state index is 13.2. The van der Waals surface area contributed by atoms with Crippen LogP contribution in [0, 0.1) is 0 Å². The number of benzene rings is 3. The first-order chi connectivity index (χ1) is 14.2. The molecule has 0 aliphatic heterocycles. The molecule has 1 amide bonds. The number of halogens is 1. The van der Waals surface area contributed by atoms with Crippen LogP contribution in [0.5, 0.6) is 0 Å². The third kappa shape index (κ3) is 3.41. The molecule has 0 bridgehead atoms. The van der Waals surface area contributed by atoms with Crippen molar-refractivity contribution >= 4 is 59.4 Å². The Labute approximate surface area is 179 Å². The number of hydrogen-bond donors (Lipinski definition) is 1. The molecule has 2 aromatic heterocycles. The zero-order valence-corrected chi connectivity index (χ0v) is 17.5. The number of para-hydroxylation sites is 2. The highest BCUT2D eigenvalue weighted by Gasteiger charge is 2.16. The molecular formula is C23H14BrN3OS. The minimum absolute atomic E-state index is 0.198. The molecule has 0 fully saturated rings. The molecule has 0 radical (unpaired) electrons. The van der Waals surface area contributed by atoms with Crippen LogP contribution in [-0.4, -0.2) is 15.9 Å². The highest BCUT2D eigenvalue weighted by Crippen LogP contribution is 2.32. The molecule has 140 valence electrons. The summed E-state index contributed by atoms with van der Waals surface area (Å²) in [5.41, 5.74) is 3.94. The van der Waals surface area contributed by atoms with Crippen molar-refractivity contribution in [2.45, 2.75) is 0 Å². The maximum absolute atomic E-state index is 13.2. The van der Waals surface area contributed by atoms with Crippen molar-refractivity contribution in [1.82, 2.24) is 9.97 Å². The average molecular weight is 460 g/mol. The molecule has 0 aliphatic carbocycles. The summed E-state index contributed by atoms with van der Waals surface area (Å²) in [5.74, 6) is -0.198. The van der Waals surface area contributed by atoms with E-state index in [0.29, 0.717) is 10.7 Å². The predicted molar refractivity (Wildman–Crippen MR) is 122 cm³/mol. The largest absolute Gasteiger partial charge is 0.298 e. The molecule has 0 spiro atoms. The van der Waals surface area contributed by atoms with Gasteiger partial charge in [-0.25, -0.2) is 9.97 Å². The molecule has 2 heterocycles. The van der Waals surface area contributed by atoms with Gasteiger partial charge >= 0.3 is 0 Å². The van der Waals surface area contributed by atoms with Gasteiger partial charge in [-0.1, -0.05) is 65.9 Å². The van der Waals surface area contributed by atoms with Gasteiger partial charge in [0.2, 0.25) is 0 Å². The second kappa shape index (κ2) is 7.39. The number of nitrogens with zero attached hydrogens (tertiary/aromatic N) is 2. The summed E-state index contributed by atoms with van der Waals surface area (Å²) in [6, 6.07) is 25.3. The molecule has 1 N–H and O–H groups in total. The van der Waals surface area contributed by atoms with E-state index in [2.05, 4.69) is 26.2 Å². The topological polar surface area (TPSA) is 54.9 Å². The zero-order valence-electron chi connectivity index (χ0n) is 15.1. The molecule has 5 rings (SSSR count). The fourth-order valence-corrected chi connectivity index (χ4v) is 4.73. The molecule has 6 heteroatoms. The Kier molecular flexibility index (Phi) is 4.58. The van der Waals surface area contributed by atoms with Crippen LogP contribution in [0.25, 0.3) is 32.4 Å². The molecular weight excluding hydrogens is 446 g/mol. The average Bonchev–Trinajstić information content (AvgIpc) is 3.17.